The van der Waals surface area contributed by atoms with E-state index < -0.39 is 0 Å². The Labute approximate surface area is 194 Å². The van der Waals surface area contributed by atoms with Gasteiger partial charge in [0.15, 0.2) is 0 Å². The fourth-order valence-electron chi connectivity index (χ4n) is 3.44. The number of amides is 3. The van der Waals surface area contributed by atoms with E-state index in [2.05, 4.69) is 33.0 Å². The molecule has 2 aromatic carbocycles. The molecule has 0 aromatic heterocycles. The van der Waals surface area contributed by atoms with Crippen molar-refractivity contribution in [1.29, 1.82) is 0 Å². The quantitative estimate of drug-likeness (QED) is 0.562. The van der Waals surface area contributed by atoms with E-state index in [1.807, 2.05) is 32.0 Å². The summed E-state index contributed by atoms with van der Waals surface area (Å²) in [6.07, 6.45) is -0.0752. The zero-order valence-corrected chi connectivity index (χ0v) is 19.3. The van der Waals surface area contributed by atoms with Gasteiger partial charge in [-0.15, -0.1) is 0 Å². The van der Waals surface area contributed by atoms with Crippen molar-refractivity contribution < 1.29 is 14.3 Å². The number of nitrogens with zero attached hydrogens (tertiary/aromatic N) is 1. The minimum Gasteiger partial charge on any atom is -0.374 e. The Morgan fingerprint density at radius 1 is 1.16 bits per heavy atom. The molecule has 3 rings (SSSR count). The van der Waals surface area contributed by atoms with Gasteiger partial charge in [-0.2, -0.15) is 0 Å². The van der Waals surface area contributed by atoms with Crippen LogP contribution in [-0.4, -0.2) is 55.7 Å². The van der Waals surface area contributed by atoms with Crippen LogP contribution in [0, 0.1) is 5.92 Å². The molecular formula is C24H31ClN4O3. The van der Waals surface area contributed by atoms with Crippen molar-refractivity contribution in [2.45, 2.75) is 26.5 Å². The summed E-state index contributed by atoms with van der Waals surface area (Å²) in [6, 6.07) is 14.8. The molecule has 0 radical (unpaired) electrons. The van der Waals surface area contributed by atoms with Crippen LogP contribution in [0.15, 0.2) is 48.5 Å². The summed E-state index contributed by atoms with van der Waals surface area (Å²) in [5.74, 6) is 0.120. The Kier molecular flexibility index (Phi) is 8.90. The van der Waals surface area contributed by atoms with Crippen LogP contribution < -0.4 is 16.0 Å². The molecular weight excluding hydrogens is 428 g/mol. The summed E-state index contributed by atoms with van der Waals surface area (Å²) in [6.45, 7) is 8.14. The fourth-order valence-corrected chi connectivity index (χ4v) is 3.71. The predicted molar refractivity (Wildman–Crippen MR) is 127 cm³/mol. The second kappa shape index (κ2) is 11.9. The molecule has 1 saturated heterocycles. The normalized spacial score (nSPS) is 16.6. The standard InChI is InChI=1S/C24H31ClN4O3/c1-17(2)13-26-23(30)21-9-8-19(12-22(21)25)28-24(31)27-14-20-16-29(10-11-32-20)15-18-6-4-3-5-7-18/h3-9,12,17,20H,10-11,13-16H2,1-2H3,(H,26,30)(H2,27,28,31). The van der Waals surface area contributed by atoms with Gasteiger partial charge in [0.1, 0.15) is 0 Å². The van der Waals surface area contributed by atoms with E-state index in [1.165, 1.54) is 5.56 Å². The molecule has 1 fully saturated rings. The van der Waals surface area contributed by atoms with Crippen LogP contribution in [0.2, 0.25) is 5.02 Å². The Hall–Kier alpha value is -2.61. The van der Waals surface area contributed by atoms with E-state index in [9.17, 15) is 9.59 Å². The number of benzene rings is 2. The van der Waals surface area contributed by atoms with Gasteiger partial charge in [-0.1, -0.05) is 55.8 Å². The Bertz CT molecular complexity index is 907. The van der Waals surface area contributed by atoms with Crippen molar-refractivity contribution in [3.05, 3.63) is 64.7 Å². The third-order valence-electron chi connectivity index (χ3n) is 5.10. The maximum Gasteiger partial charge on any atom is 0.319 e. The van der Waals surface area contributed by atoms with Crippen LogP contribution in [0.1, 0.15) is 29.8 Å². The zero-order chi connectivity index (χ0) is 22.9. The number of nitrogens with one attached hydrogen (secondary N) is 3. The molecule has 1 heterocycles. The van der Waals surface area contributed by atoms with Gasteiger partial charge >= 0.3 is 6.03 Å². The third-order valence-corrected chi connectivity index (χ3v) is 5.42. The van der Waals surface area contributed by atoms with Crippen molar-refractivity contribution in [3.8, 4) is 0 Å². The van der Waals surface area contributed by atoms with Crippen LogP contribution in [0.5, 0.6) is 0 Å². The Morgan fingerprint density at radius 2 is 1.94 bits per heavy atom. The first-order chi connectivity index (χ1) is 15.4. The summed E-state index contributed by atoms with van der Waals surface area (Å²) in [5.41, 5.74) is 2.16. The first-order valence-electron chi connectivity index (χ1n) is 10.9. The number of urea groups is 1. The topological polar surface area (TPSA) is 82.7 Å². The molecule has 32 heavy (non-hydrogen) atoms. The number of halogens is 1. The van der Waals surface area contributed by atoms with Crippen molar-refractivity contribution in [3.63, 3.8) is 0 Å². The molecule has 7 nitrogen and oxygen atoms in total. The SMILES string of the molecule is CC(C)CNC(=O)c1ccc(NC(=O)NCC2CN(Cc3ccccc3)CCO2)cc1Cl. The van der Waals surface area contributed by atoms with Crippen LogP contribution >= 0.6 is 11.6 Å². The van der Waals surface area contributed by atoms with Gasteiger partial charge in [-0.3, -0.25) is 9.69 Å². The second-order valence-electron chi connectivity index (χ2n) is 8.35. The molecule has 3 N–H and O–H groups in total. The number of anilines is 1. The number of carbonyl (C=O) groups excluding carboxylic acids is 2. The highest BCUT2D eigenvalue weighted by atomic mass is 35.5. The predicted octanol–water partition coefficient (Wildman–Crippen LogP) is 3.75. The molecule has 0 saturated carbocycles. The smallest absolute Gasteiger partial charge is 0.319 e. The molecule has 172 valence electrons. The lowest BCUT2D eigenvalue weighted by Crippen LogP contribution is -2.47. The van der Waals surface area contributed by atoms with Crippen LogP contribution in [0.25, 0.3) is 0 Å². The highest BCUT2D eigenvalue weighted by Gasteiger charge is 2.21. The molecule has 0 bridgehead atoms. The van der Waals surface area contributed by atoms with E-state index in [1.54, 1.807) is 18.2 Å². The number of carbonyl (C=O) groups is 2. The van der Waals surface area contributed by atoms with Gasteiger partial charge in [-0.25, -0.2) is 4.79 Å². The summed E-state index contributed by atoms with van der Waals surface area (Å²) in [5, 5.41) is 8.73. The minimum atomic E-state index is -0.346. The van der Waals surface area contributed by atoms with Gasteiger partial charge in [-0.05, 0) is 29.7 Å². The van der Waals surface area contributed by atoms with Crippen LogP contribution in [0.4, 0.5) is 10.5 Å². The van der Waals surface area contributed by atoms with Crippen molar-refractivity contribution >= 4 is 29.2 Å². The average molecular weight is 459 g/mol. The second-order valence-corrected chi connectivity index (χ2v) is 8.75. The van der Waals surface area contributed by atoms with Crippen molar-refractivity contribution in [1.82, 2.24) is 15.5 Å². The molecule has 0 aliphatic carbocycles. The maximum atomic E-state index is 12.3. The van der Waals surface area contributed by atoms with E-state index in [0.717, 1.165) is 19.6 Å². The van der Waals surface area contributed by atoms with Crippen LogP contribution in [0.3, 0.4) is 0 Å². The number of rotatable bonds is 8. The van der Waals surface area contributed by atoms with Gasteiger partial charge in [0.05, 0.1) is 23.3 Å². The largest absolute Gasteiger partial charge is 0.374 e. The van der Waals surface area contributed by atoms with Gasteiger partial charge in [0, 0.05) is 38.4 Å². The lowest BCUT2D eigenvalue weighted by molar-refractivity contribution is -0.0285. The first-order valence-corrected chi connectivity index (χ1v) is 11.3. The molecule has 2 aromatic rings. The fraction of sp³-hybridized carbons (Fsp3) is 0.417. The monoisotopic (exact) mass is 458 g/mol. The highest BCUT2D eigenvalue weighted by Crippen LogP contribution is 2.21. The molecule has 1 aliphatic heterocycles. The molecule has 8 heteroatoms. The number of morpholine rings is 1. The van der Waals surface area contributed by atoms with E-state index >= 15 is 0 Å². The Balaban J connectivity index is 1.45. The van der Waals surface area contributed by atoms with E-state index in [-0.39, 0.29) is 23.1 Å². The summed E-state index contributed by atoms with van der Waals surface area (Å²) in [7, 11) is 0. The third kappa shape index (κ3) is 7.51. The maximum absolute atomic E-state index is 12.3. The molecule has 1 unspecified atom stereocenters. The average Bonchev–Trinajstić information content (AvgIpc) is 2.77. The minimum absolute atomic E-state index is 0.0752. The molecule has 0 spiro atoms. The van der Waals surface area contributed by atoms with E-state index in [0.29, 0.717) is 36.9 Å². The van der Waals surface area contributed by atoms with Crippen LogP contribution in [-0.2, 0) is 11.3 Å². The number of hydrogen-bond donors (Lipinski definition) is 3. The number of ether oxygens (including phenoxy) is 1. The number of hydrogen-bond acceptors (Lipinski definition) is 4. The zero-order valence-electron chi connectivity index (χ0n) is 18.6. The van der Waals surface area contributed by atoms with Gasteiger partial charge in [0.2, 0.25) is 0 Å². The lowest BCUT2D eigenvalue weighted by Gasteiger charge is -2.33. The van der Waals surface area contributed by atoms with Gasteiger partial charge in [0.25, 0.3) is 5.91 Å². The summed E-state index contributed by atoms with van der Waals surface area (Å²) >= 11 is 6.25. The lowest BCUT2D eigenvalue weighted by atomic mass is 10.1. The highest BCUT2D eigenvalue weighted by molar-refractivity contribution is 6.34. The Morgan fingerprint density at radius 3 is 2.66 bits per heavy atom. The van der Waals surface area contributed by atoms with Crippen molar-refractivity contribution in [2.75, 3.05) is 38.1 Å². The van der Waals surface area contributed by atoms with Crippen molar-refractivity contribution in [2.24, 2.45) is 5.92 Å². The summed E-state index contributed by atoms with van der Waals surface area (Å²) < 4.78 is 5.80. The summed E-state index contributed by atoms with van der Waals surface area (Å²) in [4.78, 5) is 26.9. The first kappa shape index (κ1) is 24.0. The van der Waals surface area contributed by atoms with Gasteiger partial charge < -0.3 is 20.7 Å². The molecule has 1 aliphatic rings. The molecule has 1 atom stereocenters. The van der Waals surface area contributed by atoms with E-state index in [4.69, 9.17) is 16.3 Å². The molecule has 3 amide bonds.